The van der Waals surface area contributed by atoms with Crippen LogP contribution >= 0.6 is 45.3 Å². The fraction of sp³-hybridized carbons (Fsp3) is 0.645. The molecule has 85 heavy (non-hydrogen) atoms. The molecule has 5 heterocycles. The van der Waals surface area contributed by atoms with Crippen LogP contribution in [0.1, 0.15) is 302 Å². The Morgan fingerprint density at radius 3 is 1.25 bits per heavy atom. The molecule has 7 rings (SSSR count). The van der Waals surface area contributed by atoms with Gasteiger partial charge in [-0.15, -0.1) is 45.3 Å². The maximum atomic E-state index is 10.5. The predicted molar refractivity (Wildman–Crippen MR) is 375 cm³/mol. The van der Waals surface area contributed by atoms with Gasteiger partial charge in [-0.3, -0.25) is 0 Å². The summed E-state index contributed by atoms with van der Waals surface area (Å²) in [6.07, 6.45) is 55.0. The first-order chi connectivity index (χ1) is 41.5. The SMILES string of the molecule is CCCCCCCCCCCCCCCC1(CCCCCCCCCCCCCCC)c2c(sc3cc(-c4ccc(N(C)C)cc4)sc23)-c2sc3cc(/C=C/C4=C(C#N)C(=C(C#N)C#N)OC4(C)C)sc3c2C1(CCCCCC)CCCCCC. The second-order valence-electron chi connectivity index (χ2n) is 26.2. The molecule has 1 aliphatic heterocycles. The summed E-state index contributed by atoms with van der Waals surface area (Å²) in [5.41, 5.74) is 5.94. The van der Waals surface area contributed by atoms with E-state index in [9.17, 15) is 15.8 Å². The highest BCUT2D eigenvalue weighted by Crippen LogP contribution is 2.70. The molecule has 1 aliphatic carbocycles. The lowest BCUT2D eigenvalue weighted by atomic mass is 9.48. The lowest BCUT2D eigenvalue weighted by molar-refractivity contribution is 0.0954. The van der Waals surface area contributed by atoms with E-state index in [2.05, 4.69) is 129 Å². The molecule has 2 aliphatic rings. The lowest BCUT2D eigenvalue weighted by Crippen LogP contribution is -2.51. The molecule has 0 saturated heterocycles. The molecular formula is C76H108N4OS4. The summed E-state index contributed by atoms with van der Waals surface area (Å²) in [6, 6.07) is 20.6. The number of anilines is 1. The Balaban J connectivity index is 1.35. The van der Waals surface area contributed by atoms with Gasteiger partial charge in [0.1, 0.15) is 29.4 Å². The van der Waals surface area contributed by atoms with Gasteiger partial charge in [0.15, 0.2) is 11.3 Å². The highest BCUT2D eigenvalue weighted by molar-refractivity contribution is 7.35. The van der Waals surface area contributed by atoms with Crippen LogP contribution < -0.4 is 4.90 Å². The zero-order chi connectivity index (χ0) is 60.5. The number of nitrogens with zero attached hydrogens (tertiary/aromatic N) is 4. The Labute approximate surface area is 533 Å². The van der Waals surface area contributed by atoms with Crippen molar-refractivity contribution in [3.8, 4) is 38.4 Å². The van der Waals surface area contributed by atoms with Gasteiger partial charge < -0.3 is 9.64 Å². The van der Waals surface area contributed by atoms with E-state index < -0.39 is 5.60 Å². The number of allylic oxidation sites excluding steroid dienone is 2. The van der Waals surface area contributed by atoms with Gasteiger partial charge in [-0.2, -0.15) is 15.8 Å². The molecule has 0 spiro atoms. The van der Waals surface area contributed by atoms with Crippen molar-refractivity contribution in [2.24, 2.45) is 0 Å². The van der Waals surface area contributed by atoms with Crippen molar-refractivity contribution in [3.05, 3.63) is 81.0 Å². The summed E-state index contributed by atoms with van der Waals surface area (Å²) in [5.74, 6) is 0.0960. The molecule has 0 saturated carbocycles. The largest absolute Gasteiger partial charge is 0.480 e. The van der Waals surface area contributed by atoms with Crippen LogP contribution in [0.15, 0.2) is 65.0 Å². The Morgan fingerprint density at radius 1 is 0.482 bits per heavy atom. The molecule has 0 N–H and O–H groups in total. The topological polar surface area (TPSA) is 83.8 Å². The van der Waals surface area contributed by atoms with Gasteiger partial charge in [0.25, 0.3) is 0 Å². The quantitative estimate of drug-likeness (QED) is 0.0287. The zero-order valence-electron chi connectivity index (χ0n) is 54.3. The highest BCUT2D eigenvalue weighted by atomic mass is 32.1. The van der Waals surface area contributed by atoms with E-state index in [1.54, 1.807) is 25.6 Å². The molecule has 9 heteroatoms. The monoisotopic (exact) mass is 1220 g/mol. The number of ether oxygens (including phenoxy) is 1. The molecule has 5 nitrogen and oxygen atoms in total. The van der Waals surface area contributed by atoms with Crippen molar-refractivity contribution in [1.29, 1.82) is 15.8 Å². The van der Waals surface area contributed by atoms with Crippen LogP contribution in [0.4, 0.5) is 5.69 Å². The Morgan fingerprint density at radius 2 is 0.859 bits per heavy atom. The number of unbranched alkanes of at least 4 members (excludes halogenated alkanes) is 30. The average molecular weight is 1220 g/mol. The van der Waals surface area contributed by atoms with E-state index in [0.717, 1.165) is 0 Å². The number of benzene rings is 1. The third kappa shape index (κ3) is 17.4. The lowest BCUT2D eigenvalue weighted by Gasteiger charge is -2.55. The molecule has 462 valence electrons. The third-order valence-electron chi connectivity index (χ3n) is 19.3. The van der Waals surface area contributed by atoms with E-state index in [1.807, 2.05) is 43.4 Å². The number of rotatable bonds is 42. The molecule has 1 aromatic carbocycles. The summed E-state index contributed by atoms with van der Waals surface area (Å²) < 4.78 is 12.2. The number of fused-ring (bicyclic) bond motifs is 7. The molecule has 4 aromatic heterocycles. The molecular weight excluding hydrogens is 1110 g/mol. The van der Waals surface area contributed by atoms with Crippen LogP contribution in [0.5, 0.6) is 0 Å². The van der Waals surface area contributed by atoms with Gasteiger partial charge in [0.05, 0.1) is 19.2 Å². The van der Waals surface area contributed by atoms with Gasteiger partial charge in [0, 0.05) is 55.3 Å². The predicted octanol–water partition coefficient (Wildman–Crippen LogP) is 26.0. The minimum Gasteiger partial charge on any atom is -0.480 e. The first kappa shape index (κ1) is 68.3. The molecule has 0 fully saturated rings. The van der Waals surface area contributed by atoms with Crippen molar-refractivity contribution in [1.82, 2.24) is 0 Å². The van der Waals surface area contributed by atoms with Gasteiger partial charge in [-0.1, -0.05) is 264 Å². The molecule has 0 bridgehead atoms. The summed E-state index contributed by atoms with van der Waals surface area (Å²) in [6.45, 7) is 13.3. The summed E-state index contributed by atoms with van der Waals surface area (Å²) in [4.78, 5) is 7.93. The van der Waals surface area contributed by atoms with Gasteiger partial charge >= 0.3 is 0 Å². The van der Waals surface area contributed by atoms with Crippen molar-refractivity contribution in [2.75, 3.05) is 19.0 Å². The first-order valence-corrected chi connectivity index (χ1v) is 37.7. The second kappa shape index (κ2) is 35.1. The molecule has 5 aromatic rings. The van der Waals surface area contributed by atoms with E-state index in [0.29, 0.717) is 5.57 Å². The van der Waals surface area contributed by atoms with Crippen LogP contribution in [0.2, 0.25) is 0 Å². The number of hydrogen-bond donors (Lipinski definition) is 0. The Hall–Kier alpha value is -4.17. The van der Waals surface area contributed by atoms with Crippen LogP contribution in [-0.2, 0) is 15.6 Å². The van der Waals surface area contributed by atoms with E-state index in [-0.39, 0.29) is 27.7 Å². The zero-order valence-corrected chi connectivity index (χ0v) is 57.6. The van der Waals surface area contributed by atoms with Crippen LogP contribution in [0, 0.1) is 34.0 Å². The van der Waals surface area contributed by atoms with Gasteiger partial charge in [-0.05, 0) is 86.6 Å². The molecule has 0 unspecified atom stereocenters. The minimum atomic E-state index is -0.867. The molecule has 0 atom stereocenters. The summed E-state index contributed by atoms with van der Waals surface area (Å²) >= 11 is 8.25. The van der Waals surface area contributed by atoms with Crippen LogP contribution in [0.25, 0.3) is 45.1 Å². The van der Waals surface area contributed by atoms with Crippen molar-refractivity contribution < 1.29 is 4.74 Å². The highest BCUT2D eigenvalue weighted by Gasteiger charge is 2.58. The van der Waals surface area contributed by atoms with Crippen LogP contribution in [-0.4, -0.2) is 19.7 Å². The number of thiophene rings is 4. The van der Waals surface area contributed by atoms with E-state index in [1.165, 1.54) is 279 Å². The molecule has 0 radical (unpaired) electrons. The van der Waals surface area contributed by atoms with Crippen molar-refractivity contribution in [2.45, 2.75) is 302 Å². The third-order valence-corrected chi connectivity index (χ3v) is 24.3. The summed E-state index contributed by atoms with van der Waals surface area (Å²) in [5, 5.41) is 30.2. The van der Waals surface area contributed by atoms with Crippen molar-refractivity contribution in [3.63, 3.8) is 0 Å². The van der Waals surface area contributed by atoms with Gasteiger partial charge in [0.2, 0.25) is 0 Å². The smallest absolute Gasteiger partial charge is 0.172 e. The first-order valence-electron chi connectivity index (χ1n) is 34.5. The fourth-order valence-corrected chi connectivity index (χ4v) is 20.3. The number of hydrogen-bond acceptors (Lipinski definition) is 9. The second-order valence-corrected chi connectivity index (χ2v) is 30.5. The van der Waals surface area contributed by atoms with Crippen molar-refractivity contribution >= 4 is 75.9 Å². The maximum Gasteiger partial charge on any atom is 0.172 e. The fourth-order valence-electron chi connectivity index (χ4n) is 14.6. The van der Waals surface area contributed by atoms with E-state index in [4.69, 9.17) is 4.74 Å². The normalized spacial score (nSPS) is 15.0. The Kier molecular flexibility index (Phi) is 28.2. The average Bonchev–Trinajstić information content (AvgIpc) is 1.60. The number of nitriles is 3. The maximum absolute atomic E-state index is 10.5. The Bertz CT molecular complexity index is 3000. The summed E-state index contributed by atoms with van der Waals surface area (Å²) in [7, 11) is 4.28. The van der Waals surface area contributed by atoms with E-state index >= 15 is 0 Å². The molecule has 0 amide bonds. The van der Waals surface area contributed by atoms with Crippen LogP contribution in [0.3, 0.4) is 0 Å². The van der Waals surface area contributed by atoms with Gasteiger partial charge in [-0.25, -0.2) is 0 Å². The standard InChI is InChI=1S/C76H108N4OS4/c1-9-13-17-21-23-25-27-29-31-33-35-37-41-51-76(52-42-38-36-34-32-30-28-26-24-22-18-14-10-2)68-71-66(54-64(83-71)58-43-45-60(46-44-58)80(7)8)85-73(68)72-67(75(76,49-39-19-15-11-3)50-40-20-16-12-4)70-65(84-72)53-61(82-70)47-48-63-62(57-79)69(59(55-77)56-78)81-74(63,5)6/h43-48,53-54H,9-42,49-52H2,1-8H3/b48-47+. The minimum absolute atomic E-state index is 0.00783.